The first-order valence-electron chi connectivity index (χ1n) is 6.00. The summed E-state index contributed by atoms with van der Waals surface area (Å²) in [4.78, 5) is 4.75. The third-order valence-corrected chi connectivity index (χ3v) is 4.29. The van der Waals surface area contributed by atoms with Crippen LogP contribution in [0.5, 0.6) is 5.75 Å². The molecule has 0 atom stereocenters. The number of aromatic nitrogens is 1. The fourth-order valence-corrected chi connectivity index (χ4v) is 3.18. The van der Waals surface area contributed by atoms with Crippen LogP contribution in [0.25, 0.3) is 0 Å². The van der Waals surface area contributed by atoms with Crippen molar-refractivity contribution in [3.63, 3.8) is 0 Å². The maximum Gasteiger partial charge on any atom is 0.140 e. The summed E-state index contributed by atoms with van der Waals surface area (Å²) in [6.07, 6.45) is 0. The maximum atomic E-state index is 5.74. The maximum absolute atomic E-state index is 5.74. The molecular weight excluding hydrogens is 418 g/mol. The summed E-state index contributed by atoms with van der Waals surface area (Å²) in [5.74, 6) is 1.33. The van der Waals surface area contributed by atoms with Crippen LogP contribution in [0, 0.1) is 6.92 Å². The average molecular weight is 431 g/mol. The fraction of sp³-hybridized carbons (Fsp3) is 0.143. The topological polar surface area (TPSA) is 60.2 Å². The quantitative estimate of drug-likeness (QED) is 0.708. The molecule has 0 fully saturated rings. The zero-order valence-electron chi connectivity index (χ0n) is 11.4. The number of hydrogen-bond acceptors (Lipinski definition) is 4. The van der Waals surface area contributed by atoms with E-state index in [-0.39, 0.29) is 0 Å². The lowest BCUT2D eigenvalue weighted by molar-refractivity contribution is 0.412. The molecule has 1 heterocycles. The lowest BCUT2D eigenvalue weighted by Gasteiger charge is -2.14. The van der Waals surface area contributed by atoms with Gasteiger partial charge in [-0.3, -0.25) is 0 Å². The first kappa shape index (κ1) is 16.2. The number of halogens is 2. The van der Waals surface area contributed by atoms with Crippen LogP contribution < -0.4 is 15.8 Å². The van der Waals surface area contributed by atoms with Crippen LogP contribution in [-0.2, 0) is 0 Å². The van der Waals surface area contributed by atoms with Gasteiger partial charge < -0.3 is 15.8 Å². The van der Waals surface area contributed by atoms with E-state index in [1.54, 1.807) is 7.11 Å². The highest BCUT2D eigenvalue weighted by atomic mass is 79.9. The van der Waals surface area contributed by atoms with Gasteiger partial charge in [-0.15, -0.1) is 0 Å². The highest BCUT2D eigenvalue weighted by Gasteiger charge is 2.12. The Morgan fingerprint density at radius 1 is 1.29 bits per heavy atom. The Bertz CT molecular complexity index is 707. The second kappa shape index (κ2) is 6.72. The summed E-state index contributed by atoms with van der Waals surface area (Å²) in [7, 11) is 1.61. The zero-order chi connectivity index (χ0) is 15.6. The normalized spacial score (nSPS) is 10.3. The van der Waals surface area contributed by atoms with Gasteiger partial charge in [-0.2, -0.15) is 0 Å². The lowest BCUT2D eigenvalue weighted by atomic mass is 10.2. The summed E-state index contributed by atoms with van der Waals surface area (Å²) in [5.41, 5.74) is 8.13. The monoisotopic (exact) mass is 429 g/mol. The first-order valence-corrected chi connectivity index (χ1v) is 7.99. The number of ether oxygens (including phenoxy) is 1. The van der Waals surface area contributed by atoms with Crippen LogP contribution in [0.3, 0.4) is 0 Å². The zero-order valence-corrected chi connectivity index (χ0v) is 15.4. The van der Waals surface area contributed by atoms with Crippen molar-refractivity contribution in [1.82, 2.24) is 4.98 Å². The minimum absolute atomic E-state index is 0.296. The van der Waals surface area contributed by atoms with E-state index >= 15 is 0 Å². The number of anilines is 2. The summed E-state index contributed by atoms with van der Waals surface area (Å²) < 4.78 is 7.02. The standard InChI is InChI=1S/C14H13Br2N3OS/c1-7-3-4-8(13(17)21)14(18-7)19-11-6-12(20-2)10(16)5-9(11)15/h3-6H,1-2H3,(H2,17,21)(H,18,19). The molecule has 0 spiro atoms. The van der Waals surface area contributed by atoms with Crippen LogP contribution in [0.15, 0.2) is 33.2 Å². The molecule has 2 rings (SSSR count). The van der Waals surface area contributed by atoms with Gasteiger partial charge in [0.05, 0.1) is 22.8 Å². The van der Waals surface area contributed by atoms with E-state index in [2.05, 4.69) is 42.2 Å². The lowest BCUT2D eigenvalue weighted by Crippen LogP contribution is -2.13. The molecule has 1 aromatic carbocycles. The molecule has 0 amide bonds. The summed E-state index contributed by atoms with van der Waals surface area (Å²) in [6.45, 7) is 1.91. The largest absolute Gasteiger partial charge is 0.495 e. The van der Waals surface area contributed by atoms with Crippen LogP contribution in [0.1, 0.15) is 11.3 Å². The third-order valence-electron chi connectivity index (χ3n) is 2.79. The van der Waals surface area contributed by atoms with Crippen LogP contribution >= 0.6 is 44.1 Å². The third kappa shape index (κ3) is 3.72. The van der Waals surface area contributed by atoms with Crippen LogP contribution in [0.2, 0.25) is 0 Å². The molecule has 21 heavy (non-hydrogen) atoms. The Kier molecular flexibility index (Phi) is 5.18. The minimum atomic E-state index is 0.296. The van der Waals surface area contributed by atoms with Crippen molar-refractivity contribution >= 4 is 60.6 Å². The molecule has 0 saturated carbocycles. The Morgan fingerprint density at radius 3 is 2.62 bits per heavy atom. The Balaban J connectivity index is 2.47. The Morgan fingerprint density at radius 2 is 2.00 bits per heavy atom. The first-order chi connectivity index (χ1) is 9.92. The predicted molar refractivity (Wildman–Crippen MR) is 96.5 cm³/mol. The second-order valence-corrected chi connectivity index (χ2v) is 6.45. The van der Waals surface area contributed by atoms with Crippen molar-refractivity contribution in [2.75, 3.05) is 12.4 Å². The molecule has 2 aromatic rings. The smallest absolute Gasteiger partial charge is 0.140 e. The van der Waals surface area contributed by atoms with Crippen molar-refractivity contribution in [1.29, 1.82) is 0 Å². The fourth-order valence-electron chi connectivity index (χ4n) is 1.76. The number of nitrogens with zero attached hydrogens (tertiary/aromatic N) is 1. The van der Waals surface area contributed by atoms with Crippen molar-refractivity contribution in [2.45, 2.75) is 6.92 Å². The number of methoxy groups -OCH3 is 1. The van der Waals surface area contributed by atoms with Gasteiger partial charge in [0, 0.05) is 16.2 Å². The van der Waals surface area contributed by atoms with E-state index in [1.807, 2.05) is 31.2 Å². The molecule has 0 aliphatic rings. The van der Waals surface area contributed by atoms with E-state index in [4.69, 9.17) is 22.7 Å². The molecular formula is C14H13Br2N3OS. The molecule has 0 unspecified atom stereocenters. The molecule has 0 bridgehead atoms. The second-order valence-electron chi connectivity index (χ2n) is 4.30. The molecule has 7 heteroatoms. The van der Waals surface area contributed by atoms with E-state index in [0.29, 0.717) is 22.1 Å². The number of aryl methyl sites for hydroxylation is 1. The average Bonchev–Trinajstić information content (AvgIpc) is 2.41. The van der Waals surface area contributed by atoms with Gasteiger partial charge in [0.2, 0.25) is 0 Å². The van der Waals surface area contributed by atoms with Crippen molar-refractivity contribution in [3.05, 3.63) is 44.5 Å². The molecule has 3 N–H and O–H groups in total. The molecule has 1 aromatic heterocycles. The predicted octanol–water partition coefficient (Wildman–Crippen LogP) is 4.30. The molecule has 0 aliphatic carbocycles. The molecule has 4 nitrogen and oxygen atoms in total. The highest BCUT2D eigenvalue weighted by molar-refractivity contribution is 9.11. The summed E-state index contributed by atoms with van der Waals surface area (Å²) >= 11 is 12.0. The number of pyridine rings is 1. The van der Waals surface area contributed by atoms with Crippen LogP contribution in [0.4, 0.5) is 11.5 Å². The number of thiocarbonyl (C=S) groups is 1. The Hall–Kier alpha value is -1.18. The van der Waals surface area contributed by atoms with Gasteiger partial charge in [0.25, 0.3) is 0 Å². The van der Waals surface area contributed by atoms with Gasteiger partial charge in [-0.05, 0) is 57.0 Å². The molecule has 0 aliphatic heterocycles. The summed E-state index contributed by atoms with van der Waals surface area (Å²) in [6, 6.07) is 7.49. The van der Waals surface area contributed by atoms with Gasteiger partial charge in [0.15, 0.2) is 0 Å². The highest BCUT2D eigenvalue weighted by Crippen LogP contribution is 2.36. The molecule has 0 radical (unpaired) electrons. The molecule has 0 saturated heterocycles. The SMILES string of the molecule is COc1cc(Nc2nc(C)ccc2C(N)=S)c(Br)cc1Br. The van der Waals surface area contributed by atoms with E-state index in [9.17, 15) is 0 Å². The van der Waals surface area contributed by atoms with Gasteiger partial charge in [-0.1, -0.05) is 12.2 Å². The van der Waals surface area contributed by atoms with Gasteiger partial charge >= 0.3 is 0 Å². The van der Waals surface area contributed by atoms with Crippen LogP contribution in [-0.4, -0.2) is 17.1 Å². The van der Waals surface area contributed by atoms with Gasteiger partial charge in [0.1, 0.15) is 16.6 Å². The van der Waals surface area contributed by atoms with E-state index in [1.165, 1.54) is 0 Å². The molecule has 110 valence electrons. The minimum Gasteiger partial charge on any atom is -0.495 e. The van der Waals surface area contributed by atoms with Crippen molar-refractivity contribution < 1.29 is 4.74 Å². The Labute approximate surface area is 145 Å². The summed E-state index contributed by atoms with van der Waals surface area (Å²) in [5, 5.41) is 3.24. The van der Waals surface area contributed by atoms with E-state index < -0.39 is 0 Å². The van der Waals surface area contributed by atoms with Crippen molar-refractivity contribution in [2.24, 2.45) is 5.73 Å². The number of nitrogens with two attached hydrogens (primary N) is 1. The van der Waals surface area contributed by atoms with E-state index in [0.717, 1.165) is 20.3 Å². The number of rotatable bonds is 4. The number of hydrogen-bond donors (Lipinski definition) is 2. The number of nitrogens with one attached hydrogen (secondary N) is 1. The number of benzene rings is 1. The van der Waals surface area contributed by atoms with Crippen molar-refractivity contribution in [3.8, 4) is 5.75 Å². The van der Waals surface area contributed by atoms with Gasteiger partial charge in [-0.25, -0.2) is 4.98 Å².